The summed E-state index contributed by atoms with van der Waals surface area (Å²) in [6.45, 7) is 6.10. The topological polar surface area (TPSA) is 143 Å². The van der Waals surface area contributed by atoms with Crippen molar-refractivity contribution in [2.24, 2.45) is 10.2 Å². The number of hydrogen-bond acceptors (Lipinski definition) is 5. The average molecular weight is 441 g/mol. The number of hydrogen-bond donors (Lipinski definition) is 5. The highest BCUT2D eigenvalue weighted by molar-refractivity contribution is 5.95. The largest absolute Gasteiger partial charge is 0.493 e. The number of H-pyrrole nitrogens is 2. The number of rotatable bonds is 9. The third-order valence-corrected chi connectivity index (χ3v) is 4.96. The molecule has 5 N–H and O–H groups in total. The number of fused-ring (bicyclic) bond motifs is 1. The van der Waals surface area contributed by atoms with Gasteiger partial charge in [-0.25, -0.2) is 4.39 Å². The van der Waals surface area contributed by atoms with Gasteiger partial charge in [0, 0.05) is 29.3 Å². The molecule has 0 aliphatic heterocycles. The van der Waals surface area contributed by atoms with Crippen molar-refractivity contribution in [1.29, 1.82) is 0 Å². The smallest absolute Gasteiger partial charge is 0.303 e. The van der Waals surface area contributed by atoms with E-state index in [-0.39, 0.29) is 23.9 Å². The normalized spacial score (nSPS) is 12.1. The number of carbonyl (C=O) groups is 2. The number of nitrogens with one attached hydrogen (secondary N) is 3. The average Bonchev–Trinajstić information content (AvgIpc) is 3.19. The zero-order valence-corrected chi connectivity index (χ0v) is 17.5. The molecule has 0 aliphatic carbocycles. The maximum absolute atomic E-state index is 13.5. The van der Waals surface area contributed by atoms with E-state index in [0.29, 0.717) is 58.5 Å². The predicted molar refractivity (Wildman–Crippen MR) is 118 cm³/mol. The van der Waals surface area contributed by atoms with E-state index in [1.807, 2.05) is 0 Å². The number of aromatic hydroxyl groups is 1. The van der Waals surface area contributed by atoms with Gasteiger partial charge in [0.05, 0.1) is 22.6 Å². The summed E-state index contributed by atoms with van der Waals surface area (Å²) in [5.74, 6) is -1.81. The summed E-state index contributed by atoms with van der Waals surface area (Å²) in [6.07, 6.45) is 3.44. The van der Waals surface area contributed by atoms with Crippen LogP contribution in [0.4, 0.5) is 10.1 Å². The second-order valence-electron chi connectivity index (χ2n) is 7.33. The third-order valence-electron chi connectivity index (χ3n) is 4.96. The summed E-state index contributed by atoms with van der Waals surface area (Å²) in [6, 6.07) is 4.01. The zero-order valence-electron chi connectivity index (χ0n) is 17.5. The molecule has 2 aromatic heterocycles. The van der Waals surface area contributed by atoms with Crippen molar-refractivity contribution in [2.75, 3.05) is 6.54 Å². The second kappa shape index (κ2) is 9.90. The Labute approximate surface area is 182 Å². The van der Waals surface area contributed by atoms with Gasteiger partial charge in [0.2, 0.25) is 5.88 Å². The molecule has 32 heavy (non-hydrogen) atoms. The van der Waals surface area contributed by atoms with Crippen LogP contribution in [-0.4, -0.2) is 38.6 Å². The van der Waals surface area contributed by atoms with Crippen LogP contribution in [0.2, 0.25) is 0 Å². The number of azo groups is 1. The van der Waals surface area contributed by atoms with Gasteiger partial charge in [-0.05, 0) is 38.0 Å². The second-order valence-corrected chi connectivity index (χ2v) is 7.33. The molecule has 0 fully saturated rings. The van der Waals surface area contributed by atoms with Gasteiger partial charge in [0.1, 0.15) is 5.82 Å². The summed E-state index contributed by atoms with van der Waals surface area (Å²) >= 11 is 0. The Morgan fingerprint density at radius 2 is 2.03 bits per heavy atom. The van der Waals surface area contributed by atoms with Crippen LogP contribution < -0.4 is 15.9 Å². The van der Waals surface area contributed by atoms with Crippen molar-refractivity contribution in [3.8, 4) is 5.88 Å². The number of carboxylic acid groups (broad SMARTS) is 1. The van der Waals surface area contributed by atoms with Crippen LogP contribution in [0.3, 0.4) is 0 Å². The Bertz CT molecular complexity index is 1290. The highest BCUT2D eigenvalue weighted by atomic mass is 19.1. The van der Waals surface area contributed by atoms with Gasteiger partial charge in [-0.3, -0.25) is 9.59 Å². The summed E-state index contributed by atoms with van der Waals surface area (Å²) in [4.78, 5) is 28.8. The highest BCUT2D eigenvalue weighted by Crippen LogP contribution is 2.35. The number of aromatic amines is 2. The number of nitrogens with zero attached hydrogens (tertiary/aromatic N) is 2. The molecule has 9 nitrogen and oxygen atoms in total. The number of halogens is 1. The third kappa shape index (κ3) is 5.20. The van der Waals surface area contributed by atoms with Gasteiger partial charge in [-0.15, -0.1) is 5.11 Å². The fourth-order valence-electron chi connectivity index (χ4n) is 3.37. The minimum absolute atomic E-state index is 0.102. The predicted octanol–water partition coefficient (Wildman–Crippen LogP) is 2.96. The SMILES string of the molecule is C=c1c(C(=O)NCCCCCC(=O)O)c(C)[nH]c1=CN=Nc1c(O)[nH]c2ccc(F)cc12. The number of aryl methyl sites for hydroxylation is 1. The number of aliphatic carboxylic acids is 1. The number of carbonyl (C=O) groups excluding carboxylic acids is 1. The van der Waals surface area contributed by atoms with Crippen molar-refractivity contribution in [3.05, 3.63) is 45.8 Å². The maximum Gasteiger partial charge on any atom is 0.303 e. The molecule has 0 aliphatic rings. The fraction of sp³-hybridized carbons (Fsp3) is 0.273. The molecule has 0 saturated heterocycles. The molecule has 0 unspecified atom stereocenters. The molecule has 168 valence electrons. The van der Waals surface area contributed by atoms with Crippen LogP contribution in [0.15, 0.2) is 28.4 Å². The molecule has 0 spiro atoms. The quantitative estimate of drug-likeness (QED) is 0.257. The summed E-state index contributed by atoms with van der Waals surface area (Å²) in [7, 11) is 0. The lowest BCUT2D eigenvalue weighted by atomic mass is 10.1. The van der Waals surface area contributed by atoms with E-state index in [0.717, 1.165) is 0 Å². The molecular formula is C22H24FN5O4. The molecule has 0 saturated carbocycles. The zero-order chi connectivity index (χ0) is 23.3. The maximum atomic E-state index is 13.5. The van der Waals surface area contributed by atoms with Gasteiger partial charge < -0.3 is 25.5 Å². The Morgan fingerprint density at radius 1 is 1.25 bits per heavy atom. The van der Waals surface area contributed by atoms with Gasteiger partial charge in [0.15, 0.2) is 5.69 Å². The van der Waals surface area contributed by atoms with Crippen molar-refractivity contribution in [1.82, 2.24) is 15.3 Å². The standard InChI is InChI=1S/C22H24FN5O4/c1-12-17(11-25-28-20-15-10-14(23)7-8-16(15)27-22(20)32)26-13(2)19(12)21(31)24-9-5-3-4-6-18(29)30/h7-8,10-11,26-27,32H,1,3-6,9H2,2H3,(H,24,31)(H,29,30). The van der Waals surface area contributed by atoms with Gasteiger partial charge >= 0.3 is 5.97 Å². The van der Waals surface area contributed by atoms with Crippen molar-refractivity contribution in [2.45, 2.75) is 32.6 Å². The first-order valence-electron chi connectivity index (χ1n) is 10.1. The lowest BCUT2D eigenvalue weighted by Gasteiger charge is -2.04. The molecule has 0 radical (unpaired) electrons. The van der Waals surface area contributed by atoms with Crippen LogP contribution in [-0.2, 0) is 4.79 Å². The molecule has 0 atom stereocenters. The van der Waals surface area contributed by atoms with Gasteiger partial charge in [-0.1, -0.05) is 13.0 Å². The molecule has 1 amide bonds. The van der Waals surface area contributed by atoms with Crippen molar-refractivity contribution >= 4 is 41.2 Å². The number of benzene rings is 1. The molecule has 3 rings (SSSR count). The fourth-order valence-corrected chi connectivity index (χ4v) is 3.37. The van der Waals surface area contributed by atoms with E-state index < -0.39 is 11.8 Å². The first-order valence-corrected chi connectivity index (χ1v) is 10.1. The summed E-state index contributed by atoms with van der Waals surface area (Å²) in [5.41, 5.74) is 1.63. The Balaban J connectivity index is 1.71. The highest BCUT2D eigenvalue weighted by Gasteiger charge is 2.13. The van der Waals surface area contributed by atoms with E-state index in [4.69, 9.17) is 5.11 Å². The van der Waals surface area contributed by atoms with Crippen LogP contribution in [0.1, 0.15) is 41.7 Å². The van der Waals surface area contributed by atoms with Crippen molar-refractivity contribution in [3.63, 3.8) is 0 Å². The number of unbranched alkanes of at least 4 members (excludes halogenated alkanes) is 2. The van der Waals surface area contributed by atoms with E-state index in [1.165, 1.54) is 24.4 Å². The number of amides is 1. The first-order chi connectivity index (χ1) is 15.3. The Kier molecular flexibility index (Phi) is 7.04. The summed E-state index contributed by atoms with van der Waals surface area (Å²) < 4.78 is 13.5. The Hall–Kier alpha value is -3.95. The first kappa shape index (κ1) is 22.7. The van der Waals surface area contributed by atoms with Crippen LogP contribution in [0.25, 0.3) is 23.7 Å². The van der Waals surface area contributed by atoms with E-state index >= 15 is 0 Å². The van der Waals surface area contributed by atoms with E-state index in [2.05, 4.69) is 32.1 Å². The minimum Gasteiger partial charge on any atom is -0.493 e. The lowest BCUT2D eigenvalue weighted by Crippen LogP contribution is -2.32. The van der Waals surface area contributed by atoms with Gasteiger partial charge in [0.25, 0.3) is 5.91 Å². The van der Waals surface area contributed by atoms with Crippen LogP contribution in [0.5, 0.6) is 5.88 Å². The van der Waals surface area contributed by atoms with E-state index in [1.54, 1.807) is 6.92 Å². The molecule has 2 heterocycles. The van der Waals surface area contributed by atoms with Gasteiger partial charge in [-0.2, -0.15) is 5.11 Å². The summed E-state index contributed by atoms with van der Waals surface area (Å²) in [5, 5.41) is 30.7. The van der Waals surface area contributed by atoms with Crippen LogP contribution >= 0.6 is 0 Å². The Morgan fingerprint density at radius 3 is 2.78 bits per heavy atom. The van der Waals surface area contributed by atoms with E-state index in [9.17, 15) is 19.1 Å². The molecule has 10 heteroatoms. The van der Waals surface area contributed by atoms with Crippen LogP contribution in [0, 0.1) is 12.7 Å². The number of carboxylic acids is 1. The molecule has 0 bridgehead atoms. The molecule has 3 aromatic rings. The minimum atomic E-state index is -0.827. The van der Waals surface area contributed by atoms with Crippen molar-refractivity contribution < 1.29 is 24.2 Å². The lowest BCUT2D eigenvalue weighted by molar-refractivity contribution is -0.137. The molecule has 1 aromatic carbocycles. The number of aromatic nitrogens is 2. The molecular weight excluding hydrogens is 417 g/mol. The monoisotopic (exact) mass is 441 g/mol.